The highest BCUT2D eigenvalue weighted by Crippen LogP contribution is 2.19. The molecule has 1 aromatic heterocycles. The Morgan fingerprint density at radius 2 is 1.70 bits per heavy atom. The van der Waals surface area contributed by atoms with E-state index >= 15 is 0 Å². The minimum atomic E-state index is -0.145. The Kier molecular flexibility index (Phi) is 6.11. The third-order valence-electron chi connectivity index (χ3n) is 4.68. The van der Waals surface area contributed by atoms with Crippen molar-refractivity contribution in [2.45, 2.75) is 13.2 Å². The normalized spacial score (nSPS) is 10.6. The largest absolute Gasteiger partial charge is 0.489 e. The lowest BCUT2D eigenvalue weighted by atomic mass is 10.1. The number of aromatic nitrogens is 2. The summed E-state index contributed by atoms with van der Waals surface area (Å²) in [6, 6.07) is 22.5. The summed E-state index contributed by atoms with van der Waals surface area (Å²) in [5.74, 6) is 0.532. The lowest BCUT2D eigenvalue weighted by Gasteiger charge is -2.12. The summed E-state index contributed by atoms with van der Waals surface area (Å²) in [4.78, 5) is 16.6. The lowest BCUT2D eigenvalue weighted by Crippen LogP contribution is -2.23. The number of hydrogen-bond acceptors (Lipinski definition) is 3. The second-order valence-electron chi connectivity index (χ2n) is 6.69. The van der Waals surface area contributed by atoms with Gasteiger partial charge in [-0.25, -0.2) is 4.98 Å². The Labute approximate surface area is 179 Å². The van der Waals surface area contributed by atoms with Gasteiger partial charge in [0.15, 0.2) is 0 Å². The van der Waals surface area contributed by atoms with Crippen LogP contribution in [0.15, 0.2) is 91.5 Å². The molecule has 1 heterocycles. The molecule has 0 aliphatic carbocycles. The molecule has 0 fully saturated rings. The molecule has 0 saturated heterocycles. The van der Waals surface area contributed by atoms with Gasteiger partial charge >= 0.3 is 0 Å². The van der Waals surface area contributed by atoms with E-state index in [0.717, 1.165) is 16.8 Å². The summed E-state index contributed by atoms with van der Waals surface area (Å²) < 4.78 is 7.69. The number of imidazole rings is 1. The van der Waals surface area contributed by atoms with Crippen LogP contribution in [0.25, 0.3) is 5.69 Å². The van der Waals surface area contributed by atoms with Crippen molar-refractivity contribution in [3.63, 3.8) is 0 Å². The molecular weight excluding hydrogens is 398 g/mol. The van der Waals surface area contributed by atoms with Gasteiger partial charge in [0.05, 0.1) is 12.0 Å². The van der Waals surface area contributed by atoms with Crippen molar-refractivity contribution in [1.29, 1.82) is 0 Å². The van der Waals surface area contributed by atoms with E-state index in [-0.39, 0.29) is 5.91 Å². The third kappa shape index (κ3) is 4.70. The van der Waals surface area contributed by atoms with Crippen LogP contribution < -0.4 is 10.1 Å². The van der Waals surface area contributed by atoms with Gasteiger partial charge in [-0.15, -0.1) is 0 Å². The Morgan fingerprint density at radius 3 is 2.43 bits per heavy atom. The SMILES string of the molecule is O=C(NCc1ccccc1-n1ccnc1)c1ccc(OCc2ccccc2Cl)cc1. The summed E-state index contributed by atoms with van der Waals surface area (Å²) in [6.07, 6.45) is 5.34. The van der Waals surface area contributed by atoms with Crippen LogP contribution in [0.1, 0.15) is 21.5 Å². The number of carbonyl (C=O) groups excluding carboxylic acids is 1. The molecule has 1 N–H and O–H groups in total. The number of para-hydroxylation sites is 1. The van der Waals surface area contributed by atoms with E-state index in [9.17, 15) is 4.79 Å². The smallest absolute Gasteiger partial charge is 0.251 e. The van der Waals surface area contributed by atoms with E-state index < -0.39 is 0 Å². The van der Waals surface area contributed by atoms with Crippen LogP contribution >= 0.6 is 11.6 Å². The molecule has 0 aliphatic heterocycles. The van der Waals surface area contributed by atoms with Gasteiger partial charge in [0, 0.05) is 35.1 Å². The molecule has 1 amide bonds. The second-order valence-corrected chi connectivity index (χ2v) is 7.09. The molecule has 0 aliphatic rings. The molecular formula is C24H20ClN3O2. The maximum absolute atomic E-state index is 12.6. The zero-order valence-electron chi connectivity index (χ0n) is 16.2. The number of nitrogens with zero attached hydrogens (tertiary/aromatic N) is 2. The maximum Gasteiger partial charge on any atom is 0.251 e. The molecule has 0 radical (unpaired) electrons. The van der Waals surface area contributed by atoms with Gasteiger partial charge in [0.2, 0.25) is 0 Å². The van der Waals surface area contributed by atoms with Crippen molar-refractivity contribution in [3.05, 3.63) is 113 Å². The summed E-state index contributed by atoms with van der Waals surface area (Å²) in [7, 11) is 0. The molecule has 4 rings (SSSR count). The molecule has 6 heteroatoms. The monoisotopic (exact) mass is 417 g/mol. The predicted molar refractivity (Wildman–Crippen MR) is 117 cm³/mol. The first-order valence-corrected chi connectivity index (χ1v) is 9.89. The van der Waals surface area contributed by atoms with Crippen molar-refractivity contribution in [2.75, 3.05) is 0 Å². The molecule has 150 valence electrons. The maximum atomic E-state index is 12.6. The van der Waals surface area contributed by atoms with E-state index in [1.807, 2.05) is 59.3 Å². The van der Waals surface area contributed by atoms with Crippen molar-refractivity contribution in [2.24, 2.45) is 0 Å². The van der Waals surface area contributed by atoms with E-state index in [4.69, 9.17) is 16.3 Å². The van der Waals surface area contributed by atoms with Crippen molar-refractivity contribution < 1.29 is 9.53 Å². The fourth-order valence-corrected chi connectivity index (χ4v) is 3.26. The minimum absolute atomic E-state index is 0.145. The highest BCUT2D eigenvalue weighted by molar-refractivity contribution is 6.31. The number of benzene rings is 3. The van der Waals surface area contributed by atoms with Crippen molar-refractivity contribution >= 4 is 17.5 Å². The number of halogens is 1. The molecule has 3 aromatic carbocycles. The third-order valence-corrected chi connectivity index (χ3v) is 5.05. The highest BCUT2D eigenvalue weighted by Gasteiger charge is 2.09. The number of carbonyl (C=O) groups is 1. The quantitative estimate of drug-likeness (QED) is 0.458. The van der Waals surface area contributed by atoms with E-state index in [2.05, 4.69) is 10.3 Å². The van der Waals surface area contributed by atoms with E-state index in [0.29, 0.717) is 29.5 Å². The van der Waals surface area contributed by atoms with Gasteiger partial charge in [-0.3, -0.25) is 4.79 Å². The Bertz CT molecular complexity index is 1130. The lowest BCUT2D eigenvalue weighted by molar-refractivity contribution is 0.0951. The fraction of sp³-hybridized carbons (Fsp3) is 0.0833. The van der Waals surface area contributed by atoms with Gasteiger partial charge in [-0.1, -0.05) is 48.0 Å². The zero-order chi connectivity index (χ0) is 20.8. The summed E-state index contributed by atoms with van der Waals surface area (Å²) >= 11 is 6.15. The number of amides is 1. The summed E-state index contributed by atoms with van der Waals surface area (Å²) in [6.45, 7) is 0.786. The minimum Gasteiger partial charge on any atom is -0.489 e. The fourth-order valence-electron chi connectivity index (χ4n) is 3.07. The van der Waals surface area contributed by atoms with Gasteiger partial charge in [0.1, 0.15) is 12.4 Å². The Morgan fingerprint density at radius 1 is 0.967 bits per heavy atom. The van der Waals surface area contributed by atoms with Crippen LogP contribution in [0.3, 0.4) is 0 Å². The molecule has 0 atom stereocenters. The number of ether oxygens (including phenoxy) is 1. The van der Waals surface area contributed by atoms with Crippen LogP contribution in [-0.2, 0) is 13.2 Å². The van der Waals surface area contributed by atoms with Gasteiger partial charge < -0.3 is 14.6 Å². The average molecular weight is 418 g/mol. The standard InChI is InChI=1S/C24H20ClN3O2/c25-22-7-3-1-6-20(22)16-30-21-11-9-18(10-12-21)24(29)27-15-19-5-2-4-8-23(19)28-14-13-26-17-28/h1-14,17H,15-16H2,(H,27,29). The average Bonchev–Trinajstić information content (AvgIpc) is 3.32. The first-order chi connectivity index (χ1) is 14.7. The van der Waals surface area contributed by atoms with Gasteiger partial charge in [-0.2, -0.15) is 0 Å². The van der Waals surface area contributed by atoms with Crippen LogP contribution in [-0.4, -0.2) is 15.5 Å². The first-order valence-electron chi connectivity index (χ1n) is 9.51. The molecule has 30 heavy (non-hydrogen) atoms. The Balaban J connectivity index is 1.36. The molecule has 0 bridgehead atoms. The van der Waals surface area contributed by atoms with Crippen LogP contribution in [0, 0.1) is 0 Å². The molecule has 0 unspecified atom stereocenters. The van der Waals surface area contributed by atoms with E-state index in [1.165, 1.54) is 0 Å². The highest BCUT2D eigenvalue weighted by atomic mass is 35.5. The number of hydrogen-bond donors (Lipinski definition) is 1. The van der Waals surface area contributed by atoms with Gasteiger partial charge in [-0.05, 0) is 42.0 Å². The van der Waals surface area contributed by atoms with Crippen molar-refractivity contribution in [3.8, 4) is 11.4 Å². The molecule has 4 aromatic rings. The Hall–Kier alpha value is -3.57. The number of rotatable bonds is 7. The molecule has 0 spiro atoms. The second kappa shape index (κ2) is 9.29. The molecule has 0 saturated carbocycles. The zero-order valence-corrected chi connectivity index (χ0v) is 16.9. The van der Waals surface area contributed by atoms with Crippen molar-refractivity contribution in [1.82, 2.24) is 14.9 Å². The first kappa shape index (κ1) is 19.7. The molecule has 5 nitrogen and oxygen atoms in total. The van der Waals surface area contributed by atoms with Crippen LogP contribution in [0.5, 0.6) is 5.75 Å². The van der Waals surface area contributed by atoms with Crippen LogP contribution in [0.2, 0.25) is 5.02 Å². The topological polar surface area (TPSA) is 56.2 Å². The summed E-state index contributed by atoms with van der Waals surface area (Å²) in [5.41, 5.74) is 3.47. The van der Waals surface area contributed by atoms with E-state index in [1.54, 1.807) is 36.8 Å². The van der Waals surface area contributed by atoms with Gasteiger partial charge in [0.25, 0.3) is 5.91 Å². The summed E-state index contributed by atoms with van der Waals surface area (Å²) in [5, 5.41) is 3.64. The predicted octanol–water partition coefficient (Wildman–Crippen LogP) is 5.03. The van der Waals surface area contributed by atoms with Crippen LogP contribution in [0.4, 0.5) is 0 Å². The number of nitrogens with one attached hydrogen (secondary N) is 1.